The van der Waals surface area contributed by atoms with Crippen LogP contribution in [0.4, 0.5) is 11.6 Å². The number of nitrogens with zero attached hydrogens (tertiary/aromatic N) is 2. The normalized spacial score (nSPS) is 12.4. The quantitative estimate of drug-likeness (QED) is 0.764. The first-order valence-electron chi connectivity index (χ1n) is 6.22. The lowest BCUT2D eigenvalue weighted by Gasteiger charge is -2.23. The highest BCUT2D eigenvalue weighted by Crippen LogP contribution is 2.16. The molecule has 4 N–H and O–H groups in total. The number of aromatic nitrogens is 2. The van der Waals surface area contributed by atoms with E-state index in [1.165, 1.54) is 0 Å². The average molecular weight is 251 g/mol. The van der Waals surface area contributed by atoms with Crippen LogP contribution >= 0.6 is 0 Å². The number of hydrogen-bond donors (Lipinski definition) is 3. The lowest BCUT2D eigenvalue weighted by Crippen LogP contribution is -2.39. The van der Waals surface area contributed by atoms with Gasteiger partial charge in [-0.1, -0.05) is 0 Å². The zero-order valence-corrected chi connectivity index (χ0v) is 12.3. The minimum Gasteiger partial charge on any atom is -0.368 e. The van der Waals surface area contributed by atoms with Gasteiger partial charge in [-0.15, -0.1) is 0 Å². The predicted molar refractivity (Wildman–Crippen MR) is 76.9 cm³/mol. The molecule has 0 aliphatic carbocycles. The third-order valence-corrected chi connectivity index (χ3v) is 2.07. The van der Waals surface area contributed by atoms with E-state index in [4.69, 9.17) is 5.73 Å². The van der Waals surface area contributed by atoms with E-state index in [0.29, 0.717) is 6.54 Å². The molecule has 18 heavy (non-hydrogen) atoms. The fraction of sp³-hybridized carbons (Fsp3) is 0.692. The molecule has 1 rings (SSSR count). The fourth-order valence-corrected chi connectivity index (χ4v) is 1.42. The minimum atomic E-state index is -0.267. The molecule has 5 heteroatoms. The van der Waals surface area contributed by atoms with Crippen LogP contribution in [-0.4, -0.2) is 27.6 Å². The maximum absolute atomic E-state index is 5.94. The highest BCUT2D eigenvalue weighted by atomic mass is 15.1. The van der Waals surface area contributed by atoms with Crippen LogP contribution in [0.5, 0.6) is 0 Å². The smallest absolute Gasteiger partial charge is 0.132 e. The first-order valence-corrected chi connectivity index (χ1v) is 6.22. The van der Waals surface area contributed by atoms with E-state index in [1.54, 1.807) is 0 Å². The number of hydrogen-bond acceptors (Lipinski definition) is 5. The Morgan fingerprint density at radius 1 is 1.11 bits per heavy atom. The number of nitrogens with two attached hydrogens (primary N) is 1. The lowest BCUT2D eigenvalue weighted by molar-refractivity contribution is 0.548. The van der Waals surface area contributed by atoms with Gasteiger partial charge in [0.1, 0.15) is 17.5 Å². The van der Waals surface area contributed by atoms with E-state index in [1.807, 2.05) is 26.8 Å². The van der Waals surface area contributed by atoms with Crippen LogP contribution in [0.2, 0.25) is 0 Å². The molecule has 0 aromatic carbocycles. The van der Waals surface area contributed by atoms with Crippen LogP contribution in [0.25, 0.3) is 0 Å². The molecule has 5 nitrogen and oxygen atoms in total. The largest absolute Gasteiger partial charge is 0.368 e. The van der Waals surface area contributed by atoms with Crippen molar-refractivity contribution in [2.24, 2.45) is 5.73 Å². The zero-order chi connectivity index (χ0) is 14.0. The van der Waals surface area contributed by atoms with E-state index in [2.05, 4.69) is 41.4 Å². The van der Waals surface area contributed by atoms with E-state index < -0.39 is 0 Å². The molecular formula is C13H25N5. The summed E-state index contributed by atoms with van der Waals surface area (Å²) in [6.07, 6.45) is 0. The van der Waals surface area contributed by atoms with Crippen molar-refractivity contribution in [3.8, 4) is 0 Å². The molecule has 0 saturated carbocycles. The van der Waals surface area contributed by atoms with Crippen LogP contribution in [0, 0.1) is 6.92 Å². The monoisotopic (exact) mass is 251 g/mol. The second-order valence-corrected chi connectivity index (χ2v) is 6.40. The van der Waals surface area contributed by atoms with Crippen molar-refractivity contribution < 1.29 is 0 Å². The second-order valence-electron chi connectivity index (χ2n) is 6.40. The molecule has 0 amide bonds. The molecule has 0 atom stereocenters. The Morgan fingerprint density at radius 2 is 1.67 bits per heavy atom. The molecule has 0 aliphatic rings. The highest BCUT2D eigenvalue weighted by molar-refractivity contribution is 5.48. The summed E-state index contributed by atoms with van der Waals surface area (Å²) in [5.41, 5.74) is 5.65. The zero-order valence-electron chi connectivity index (χ0n) is 12.3. The van der Waals surface area contributed by atoms with Crippen molar-refractivity contribution in [2.75, 3.05) is 17.2 Å². The Morgan fingerprint density at radius 3 is 2.17 bits per heavy atom. The molecule has 0 fully saturated rings. The first kappa shape index (κ1) is 14.7. The molecular weight excluding hydrogens is 226 g/mol. The van der Waals surface area contributed by atoms with E-state index >= 15 is 0 Å². The minimum absolute atomic E-state index is 0.0226. The Balaban J connectivity index is 2.81. The summed E-state index contributed by atoms with van der Waals surface area (Å²) >= 11 is 0. The summed E-state index contributed by atoms with van der Waals surface area (Å²) in [7, 11) is 0. The summed E-state index contributed by atoms with van der Waals surface area (Å²) in [4.78, 5) is 8.72. The number of rotatable bonds is 4. The molecule has 102 valence electrons. The number of anilines is 2. The fourth-order valence-electron chi connectivity index (χ4n) is 1.42. The first-order chi connectivity index (χ1) is 8.05. The summed E-state index contributed by atoms with van der Waals surface area (Å²) < 4.78 is 0. The van der Waals surface area contributed by atoms with Crippen LogP contribution in [0.3, 0.4) is 0 Å². The van der Waals surface area contributed by atoms with Gasteiger partial charge in [0.25, 0.3) is 0 Å². The van der Waals surface area contributed by atoms with Gasteiger partial charge in [0, 0.05) is 23.7 Å². The third kappa shape index (κ3) is 5.82. The Labute approximate surface area is 110 Å². The van der Waals surface area contributed by atoms with Gasteiger partial charge in [-0.2, -0.15) is 0 Å². The molecule has 0 spiro atoms. The molecule has 0 saturated heterocycles. The second kappa shape index (κ2) is 5.10. The van der Waals surface area contributed by atoms with Crippen molar-refractivity contribution in [2.45, 2.75) is 52.6 Å². The van der Waals surface area contributed by atoms with Gasteiger partial charge in [-0.3, -0.25) is 0 Å². The van der Waals surface area contributed by atoms with Crippen molar-refractivity contribution in [3.05, 3.63) is 11.9 Å². The molecule has 0 bridgehead atoms. The number of aryl methyl sites for hydroxylation is 1. The summed E-state index contributed by atoms with van der Waals surface area (Å²) in [6, 6.07) is 1.91. The SMILES string of the molecule is Cc1nc(NCC(C)(C)N)cc(NC(C)(C)C)n1. The Kier molecular flexibility index (Phi) is 4.16. The summed E-state index contributed by atoms with van der Waals surface area (Å²) in [5.74, 6) is 2.36. The van der Waals surface area contributed by atoms with Crippen LogP contribution < -0.4 is 16.4 Å². The van der Waals surface area contributed by atoms with Crippen LogP contribution in [-0.2, 0) is 0 Å². The molecule has 1 aromatic heterocycles. The molecule has 0 aliphatic heterocycles. The lowest BCUT2D eigenvalue weighted by atomic mass is 10.1. The van der Waals surface area contributed by atoms with Crippen molar-refractivity contribution in [3.63, 3.8) is 0 Å². The van der Waals surface area contributed by atoms with E-state index in [9.17, 15) is 0 Å². The van der Waals surface area contributed by atoms with Gasteiger partial charge in [-0.25, -0.2) is 9.97 Å². The standard InChI is InChI=1S/C13H25N5/c1-9-16-10(15-8-13(5,6)14)7-11(17-9)18-12(2,3)4/h7H,8,14H2,1-6H3,(H2,15,16,17,18). The Bertz CT molecular complexity index is 401. The van der Waals surface area contributed by atoms with Crippen molar-refractivity contribution in [1.29, 1.82) is 0 Å². The van der Waals surface area contributed by atoms with E-state index in [0.717, 1.165) is 17.5 Å². The van der Waals surface area contributed by atoms with Crippen molar-refractivity contribution >= 4 is 11.6 Å². The molecule has 1 heterocycles. The summed E-state index contributed by atoms with van der Waals surface area (Å²) in [6.45, 7) is 12.8. The highest BCUT2D eigenvalue weighted by Gasteiger charge is 2.13. The molecule has 0 radical (unpaired) electrons. The number of nitrogens with one attached hydrogen (secondary N) is 2. The molecule has 0 unspecified atom stereocenters. The average Bonchev–Trinajstić information content (AvgIpc) is 2.09. The topological polar surface area (TPSA) is 75.9 Å². The molecule has 1 aromatic rings. The predicted octanol–water partition coefficient (Wildman–Crippen LogP) is 2.14. The van der Waals surface area contributed by atoms with Crippen LogP contribution in [0.15, 0.2) is 6.07 Å². The van der Waals surface area contributed by atoms with Gasteiger partial charge in [0.05, 0.1) is 0 Å². The van der Waals surface area contributed by atoms with Crippen LogP contribution in [0.1, 0.15) is 40.4 Å². The summed E-state index contributed by atoms with van der Waals surface area (Å²) in [5, 5.41) is 6.57. The maximum Gasteiger partial charge on any atom is 0.132 e. The third-order valence-electron chi connectivity index (χ3n) is 2.07. The van der Waals surface area contributed by atoms with E-state index in [-0.39, 0.29) is 11.1 Å². The van der Waals surface area contributed by atoms with Crippen molar-refractivity contribution in [1.82, 2.24) is 9.97 Å². The van der Waals surface area contributed by atoms with Gasteiger partial charge in [-0.05, 0) is 41.5 Å². The van der Waals surface area contributed by atoms with Gasteiger partial charge >= 0.3 is 0 Å². The van der Waals surface area contributed by atoms with Gasteiger partial charge in [0.2, 0.25) is 0 Å². The Hall–Kier alpha value is -1.36. The maximum atomic E-state index is 5.94. The van der Waals surface area contributed by atoms with Gasteiger partial charge in [0.15, 0.2) is 0 Å². The van der Waals surface area contributed by atoms with Gasteiger partial charge < -0.3 is 16.4 Å².